The Hall–Kier alpha value is -1.10. The molecule has 3 heterocycles. The van der Waals surface area contributed by atoms with Crippen LogP contribution in [0.4, 0.5) is 0 Å². The smallest absolute Gasteiger partial charge is 0.115 e. The molecule has 4 heteroatoms. The van der Waals surface area contributed by atoms with Gasteiger partial charge < -0.3 is 10.2 Å². The summed E-state index contributed by atoms with van der Waals surface area (Å²) in [5, 5.41) is 19.8. The summed E-state index contributed by atoms with van der Waals surface area (Å²) in [6.07, 6.45) is 0.263. The Bertz CT molecular complexity index is 416. The third-order valence-electron chi connectivity index (χ3n) is 4.12. The molecule has 2 atom stereocenters. The third kappa shape index (κ3) is 2.36. The second-order valence-corrected chi connectivity index (χ2v) is 5.35. The summed E-state index contributed by atoms with van der Waals surface area (Å²) in [6.45, 7) is 5.38. The van der Waals surface area contributed by atoms with Crippen LogP contribution in [-0.2, 0) is 6.42 Å². The molecular formula is C14H20N2O2. The Morgan fingerprint density at radius 3 is 2.61 bits per heavy atom. The zero-order valence-electron chi connectivity index (χ0n) is 10.5. The van der Waals surface area contributed by atoms with Gasteiger partial charge in [0, 0.05) is 45.2 Å². The molecule has 1 aromatic rings. The van der Waals surface area contributed by atoms with Crippen molar-refractivity contribution in [1.29, 1.82) is 0 Å². The van der Waals surface area contributed by atoms with Crippen LogP contribution in [-0.4, -0.2) is 64.9 Å². The molecule has 0 radical (unpaired) electrons. The minimum atomic E-state index is -0.352. The molecule has 0 saturated carbocycles. The number of piperazine rings is 3. The van der Waals surface area contributed by atoms with Gasteiger partial charge in [0.05, 0.1) is 6.10 Å². The topological polar surface area (TPSA) is 46.9 Å². The van der Waals surface area contributed by atoms with Gasteiger partial charge in [-0.2, -0.15) is 0 Å². The summed E-state index contributed by atoms with van der Waals surface area (Å²) in [6, 6.07) is 7.43. The molecule has 2 bridgehead atoms. The molecule has 98 valence electrons. The zero-order chi connectivity index (χ0) is 12.5. The van der Waals surface area contributed by atoms with E-state index in [4.69, 9.17) is 0 Å². The summed E-state index contributed by atoms with van der Waals surface area (Å²) < 4.78 is 0. The molecular weight excluding hydrogens is 228 g/mol. The van der Waals surface area contributed by atoms with E-state index in [9.17, 15) is 10.2 Å². The van der Waals surface area contributed by atoms with E-state index in [1.54, 1.807) is 12.1 Å². The van der Waals surface area contributed by atoms with Crippen LogP contribution in [0.1, 0.15) is 5.56 Å². The number of aromatic hydroxyl groups is 1. The van der Waals surface area contributed by atoms with E-state index < -0.39 is 0 Å². The predicted octanol–water partition coefficient (Wildman–Crippen LogP) is 0.295. The van der Waals surface area contributed by atoms with E-state index in [0.29, 0.717) is 6.42 Å². The van der Waals surface area contributed by atoms with E-state index in [0.717, 1.165) is 38.3 Å². The fourth-order valence-electron chi connectivity index (χ4n) is 3.08. The van der Waals surface area contributed by atoms with Crippen molar-refractivity contribution >= 4 is 0 Å². The lowest BCUT2D eigenvalue weighted by Crippen LogP contribution is -2.64. The fourth-order valence-corrected chi connectivity index (χ4v) is 3.08. The van der Waals surface area contributed by atoms with Crippen LogP contribution in [0.2, 0.25) is 0 Å². The number of aliphatic hydroxyl groups is 1. The third-order valence-corrected chi connectivity index (χ3v) is 4.12. The second-order valence-electron chi connectivity index (χ2n) is 5.35. The van der Waals surface area contributed by atoms with Crippen molar-refractivity contribution in [2.24, 2.45) is 0 Å². The zero-order valence-corrected chi connectivity index (χ0v) is 10.5. The van der Waals surface area contributed by atoms with Gasteiger partial charge in [0.2, 0.25) is 0 Å². The highest BCUT2D eigenvalue weighted by Gasteiger charge is 2.35. The Morgan fingerprint density at radius 2 is 2.00 bits per heavy atom. The lowest BCUT2D eigenvalue weighted by atomic mass is 9.97. The lowest BCUT2D eigenvalue weighted by molar-refractivity contribution is -0.0453. The summed E-state index contributed by atoms with van der Waals surface area (Å²) in [5.74, 6) is 0.272. The quantitative estimate of drug-likeness (QED) is 0.807. The second kappa shape index (κ2) is 4.88. The van der Waals surface area contributed by atoms with Crippen molar-refractivity contribution in [3.8, 4) is 5.75 Å². The van der Waals surface area contributed by atoms with Crippen LogP contribution in [0.5, 0.6) is 5.75 Å². The molecule has 0 amide bonds. The van der Waals surface area contributed by atoms with Gasteiger partial charge in [-0.25, -0.2) is 0 Å². The highest BCUT2D eigenvalue weighted by Crippen LogP contribution is 2.21. The first kappa shape index (κ1) is 12.0. The molecule has 18 heavy (non-hydrogen) atoms. The molecule has 0 aliphatic carbocycles. The van der Waals surface area contributed by atoms with Crippen LogP contribution in [0.3, 0.4) is 0 Å². The van der Waals surface area contributed by atoms with Crippen molar-refractivity contribution in [1.82, 2.24) is 9.80 Å². The fraction of sp³-hybridized carbons (Fsp3) is 0.571. The largest absolute Gasteiger partial charge is 0.508 e. The Kier molecular flexibility index (Phi) is 3.24. The number of aliphatic hydroxyl groups excluding tert-OH is 1. The molecule has 1 aromatic carbocycles. The van der Waals surface area contributed by atoms with E-state index >= 15 is 0 Å². The van der Waals surface area contributed by atoms with Gasteiger partial charge in [-0.15, -0.1) is 0 Å². The number of phenolic OH excluding ortho intramolecular Hbond substituents is 1. The van der Waals surface area contributed by atoms with Crippen molar-refractivity contribution in [2.45, 2.75) is 18.6 Å². The van der Waals surface area contributed by atoms with Crippen LogP contribution in [0.25, 0.3) is 0 Å². The van der Waals surface area contributed by atoms with Gasteiger partial charge in [-0.05, 0) is 17.7 Å². The summed E-state index contributed by atoms with van der Waals surface area (Å²) >= 11 is 0. The highest BCUT2D eigenvalue weighted by atomic mass is 16.3. The summed E-state index contributed by atoms with van der Waals surface area (Å²) in [5.41, 5.74) is 1.00. The maximum absolute atomic E-state index is 10.4. The minimum absolute atomic E-state index is 0.245. The molecule has 2 unspecified atom stereocenters. The number of fused-ring (bicyclic) bond motifs is 3. The lowest BCUT2D eigenvalue weighted by Gasteiger charge is -2.49. The minimum Gasteiger partial charge on any atom is -0.508 e. The van der Waals surface area contributed by atoms with Gasteiger partial charge in [-0.3, -0.25) is 9.80 Å². The first-order valence-corrected chi connectivity index (χ1v) is 6.65. The molecule has 2 N–H and O–H groups in total. The van der Waals surface area contributed by atoms with Gasteiger partial charge >= 0.3 is 0 Å². The molecule has 3 aliphatic heterocycles. The Balaban J connectivity index is 1.66. The maximum atomic E-state index is 10.4. The average molecular weight is 248 g/mol. The monoisotopic (exact) mass is 248 g/mol. The van der Waals surface area contributed by atoms with Crippen LogP contribution >= 0.6 is 0 Å². The normalized spacial score (nSPS) is 32.4. The van der Waals surface area contributed by atoms with Crippen LogP contribution < -0.4 is 0 Å². The molecule has 4 rings (SSSR count). The molecule has 3 saturated heterocycles. The van der Waals surface area contributed by atoms with E-state index in [1.807, 2.05) is 12.1 Å². The van der Waals surface area contributed by atoms with E-state index in [-0.39, 0.29) is 17.9 Å². The highest BCUT2D eigenvalue weighted by molar-refractivity contribution is 5.27. The van der Waals surface area contributed by atoms with Gasteiger partial charge in [0.1, 0.15) is 5.75 Å². The number of nitrogens with zero attached hydrogens (tertiary/aromatic N) is 2. The molecule has 0 spiro atoms. The van der Waals surface area contributed by atoms with E-state index in [2.05, 4.69) is 9.80 Å². The molecule has 3 aliphatic rings. The average Bonchev–Trinajstić information content (AvgIpc) is 2.40. The van der Waals surface area contributed by atoms with Gasteiger partial charge in [0.15, 0.2) is 0 Å². The Labute approximate surface area is 107 Å². The SMILES string of the molecule is Oc1cccc(CC(O)C2CN3CCN2CC3)c1. The van der Waals surface area contributed by atoms with Crippen molar-refractivity contribution < 1.29 is 10.2 Å². The summed E-state index contributed by atoms with van der Waals surface area (Å²) in [4.78, 5) is 4.82. The van der Waals surface area contributed by atoms with Crippen molar-refractivity contribution in [3.05, 3.63) is 29.8 Å². The van der Waals surface area contributed by atoms with Gasteiger partial charge in [0.25, 0.3) is 0 Å². The number of rotatable bonds is 3. The first-order chi connectivity index (χ1) is 8.72. The van der Waals surface area contributed by atoms with Crippen LogP contribution in [0.15, 0.2) is 24.3 Å². The number of hydrogen-bond donors (Lipinski definition) is 2. The Morgan fingerprint density at radius 1 is 1.22 bits per heavy atom. The number of phenols is 1. The number of benzene rings is 1. The summed E-state index contributed by atoms with van der Waals surface area (Å²) in [7, 11) is 0. The van der Waals surface area contributed by atoms with Crippen LogP contribution in [0, 0.1) is 0 Å². The molecule has 0 aromatic heterocycles. The van der Waals surface area contributed by atoms with Gasteiger partial charge in [-0.1, -0.05) is 12.1 Å². The first-order valence-electron chi connectivity index (χ1n) is 6.65. The predicted molar refractivity (Wildman–Crippen MR) is 69.6 cm³/mol. The maximum Gasteiger partial charge on any atom is 0.115 e. The molecule has 3 fully saturated rings. The van der Waals surface area contributed by atoms with Crippen molar-refractivity contribution in [3.63, 3.8) is 0 Å². The number of hydrogen-bond acceptors (Lipinski definition) is 4. The van der Waals surface area contributed by atoms with E-state index in [1.165, 1.54) is 0 Å². The standard InChI is InChI=1S/C14H20N2O2/c17-12-3-1-2-11(8-12)9-14(18)13-10-15-4-6-16(13)7-5-15/h1-3,8,13-14,17-18H,4-7,9-10H2. The van der Waals surface area contributed by atoms with Crippen molar-refractivity contribution in [2.75, 3.05) is 32.7 Å². The molecule has 4 nitrogen and oxygen atoms in total.